The maximum absolute atomic E-state index is 12.5. The Morgan fingerprint density at radius 3 is 2.58 bits per heavy atom. The number of aryl methyl sites for hydroxylation is 1. The van der Waals surface area contributed by atoms with Crippen LogP contribution in [0.15, 0.2) is 48.8 Å². The maximum Gasteiger partial charge on any atom is 0.260 e. The second-order valence-electron chi connectivity index (χ2n) is 6.32. The van der Waals surface area contributed by atoms with Crippen molar-refractivity contribution in [2.75, 3.05) is 32.8 Å². The van der Waals surface area contributed by atoms with E-state index in [4.69, 9.17) is 4.74 Å². The molecule has 1 aliphatic rings. The van der Waals surface area contributed by atoms with Gasteiger partial charge in [0.2, 0.25) is 0 Å². The lowest BCUT2D eigenvalue weighted by atomic mass is 10.2. The molecule has 3 rings (SSSR count). The topological polar surface area (TPSA) is 62.7 Å². The van der Waals surface area contributed by atoms with Gasteiger partial charge < -0.3 is 14.5 Å². The zero-order chi connectivity index (χ0) is 18.4. The highest BCUT2D eigenvalue weighted by molar-refractivity contribution is 5.94. The molecule has 0 spiro atoms. The molecule has 6 nitrogen and oxygen atoms in total. The average molecular weight is 353 g/mol. The van der Waals surface area contributed by atoms with E-state index in [9.17, 15) is 9.59 Å². The Morgan fingerprint density at radius 1 is 1.04 bits per heavy atom. The second kappa shape index (κ2) is 8.47. The Balaban J connectivity index is 1.54. The zero-order valence-corrected chi connectivity index (χ0v) is 14.9. The first-order valence-corrected chi connectivity index (χ1v) is 8.80. The third-order valence-electron chi connectivity index (χ3n) is 4.49. The quantitative estimate of drug-likeness (QED) is 0.845. The second-order valence-corrected chi connectivity index (χ2v) is 6.32. The molecule has 1 aromatic heterocycles. The van der Waals surface area contributed by atoms with Gasteiger partial charge in [-0.1, -0.05) is 18.2 Å². The highest BCUT2D eigenvalue weighted by Gasteiger charge is 2.23. The number of nitrogens with zero attached hydrogens (tertiary/aromatic N) is 3. The van der Waals surface area contributed by atoms with Gasteiger partial charge in [-0.2, -0.15) is 0 Å². The Labute approximate surface area is 153 Å². The summed E-state index contributed by atoms with van der Waals surface area (Å²) < 4.78 is 5.66. The van der Waals surface area contributed by atoms with E-state index in [1.807, 2.05) is 31.2 Å². The Hall–Kier alpha value is -2.89. The number of benzene rings is 1. The smallest absolute Gasteiger partial charge is 0.260 e. The molecule has 26 heavy (non-hydrogen) atoms. The molecule has 2 amide bonds. The minimum absolute atomic E-state index is 0.0153. The van der Waals surface area contributed by atoms with Crippen molar-refractivity contribution in [2.45, 2.75) is 13.3 Å². The fraction of sp³-hybridized carbons (Fsp3) is 0.350. The first-order valence-electron chi connectivity index (χ1n) is 8.80. The van der Waals surface area contributed by atoms with Crippen LogP contribution < -0.4 is 4.74 Å². The number of para-hydroxylation sites is 1. The van der Waals surface area contributed by atoms with E-state index in [0.29, 0.717) is 31.7 Å². The van der Waals surface area contributed by atoms with Crippen molar-refractivity contribution in [3.8, 4) is 5.75 Å². The molecule has 1 fully saturated rings. The van der Waals surface area contributed by atoms with Gasteiger partial charge in [-0.25, -0.2) is 0 Å². The van der Waals surface area contributed by atoms with Crippen molar-refractivity contribution in [1.29, 1.82) is 0 Å². The van der Waals surface area contributed by atoms with E-state index < -0.39 is 0 Å². The number of amides is 2. The van der Waals surface area contributed by atoms with Crippen LogP contribution in [0.5, 0.6) is 5.75 Å². The van der Waals surface area contributed by atoms with Gasteiger partial charge >= 0.3 is 0 Å². The fourth-order valence-corrected chi connectivity index (χ4v) is 2.99. The van der Waals surface area contributed by atoms with Crippen LogP contribution in [0, 0.1) is 6.92 Å². The normalized spacial score (nSPS) is 14.7. The van der Waals surface area contributed by atoms with Gasteiger partial charge in [0, 0.05) is 38.6 Å². The van der Waals surface area contributed by atoms with Crippen LogP contribution in [-0.2, 0) is 4.79 Å². The molecule has 0 aliphatic carbocycles. The number of pyridine rings is 1. The molecular weight excluding hydrogens is 330 g/mol. The van der Waals surface area contributed by atoms with E-state index in [0.717, 1.165) is 17.7 Å². The van der Waals surface area contributed by atoms with Crippen molar-refractivity contribution in [3.63, 3.8) is 0 Å². The number of hydrogen-bond acceptors (Lipinski definition) is 4. The molecular formula is C20H23N3O3. The van der Waals surface area contributed by atoms with E-state index in [1.165, 1.54) is 0 Å². The summed E-state index contributed by atoms with van der Waals surface area (Å²) in [5.41, 5.74) is 1.58. The summed E-state index contributed by atoms with van der Waals surface area (Å²) in [4.78, 5) is 32.6. The molecule has 0 atom stereocenters. The molecule has 136 valence electrons. The van der Waals surface area contributed by atoms with E-state index in [-0.39, 0.29) is 18.4 Å². The van der Waals surface area contributed by atoms with E-state index in [2.05, 4.69) is 4.98 Å². The van der Waals surface area contributed by atoms with Crippen molar-refractivity contribution in [3.05, 3.63) is 59.9 Å². The van der Waals surface area contributed by atoms with E-state index in [1.54, 1.807) is 34.3 Å². The molecule has 0 N–H and O–H groups in total. The molecule has 2 aromatic rings. The zero-order valence-electron chi connectivity index (χ0n) is 14.9. The molecule has 0 radical (unpaired) electrons. The minimum Gasteiger partial charge on any atom is -0.484 e. The number of carbonyl (C=O) groups excluding carboxylic acids is 2. The van der Waals surface area contributed by atoms with Gasteiger partial charge in [0.05, 0.1) is 5.56 Å². The van der Waals surface area contributed by atoms with Crippen molar-refractivity contribution < 1.29 is 14.3 Å². The third kappa shape index (κ3) is 4.39. The summed E-state index contributed by atoms with van der Waals surface area (Å²) in [5.74, 6) is 0.636. The molecule has 0 saturated carbocycles. The molecule has 0 unspecified atom stereocenters. The lowest BCUT2D eigenvalue weighted by molar-refractivity contribution is -0.133. The number of carbonyl (C=O) groups is 2. The Kier molecular flexibility index (Phi) is 5.84. The number of hydrogen-bond donors (Lipinski definition) is 0. The summed E-state index contributed by atoms with van der Waals surface area (Å²) in [7, 11) is 0. The highest BCUT2D eigenvalue weighted by atomic mass is 16.5. The van der Waals surface area contributed by atoms with E-state index >= 15 is 0 Å². The predicted octanol–water partition coefficient (Wildman–Crippen LogP) is 2.14. The molecule has 1 aromatic carbocycles. The monoisotopic (exact) mass is 353 g/mol. The number of rotatable bonds is 4. The lowest BCUT2D eigenvalue weighted by Crippen LogP contribution is -2.39. The molecule has 2 heterocycles. The van der Waals surface area contributed by atoms with Gasteiger partial charge in [0.1, 0.15) is 5.75 Å². The van der Waals surface area contributed by atoms with Crippen molar-refractivity contribution in [1.82, 2.24) is 14.8 Å². The standard InChI is InChI=1S/C20H23N3O3/c1-16-6-2-3-8-18(16)26-15-19(24)22-10-5-11-23(13-12-22)20(25)17-7-4-9-21-14-17/h2-4,6-9,14H,5,10-13,15H2,1H3. The van der Waals surface area contributed by atoms with Crippen LogP contribution >= 0.6 is 0 Å². The van der Waals surface area contributed by atoms with Crippen LogP contribution in [0.4, 0.5) is 0 Å². The van der Waals surface area contributed by atoms with Crippen molar-refractivity contribution >= 4 is 11.8 Å². The van der Waals surface area contributed by atoms with Gasteiger partial charge in [0.25, 0.3) is 11.8 Å². The van der Waals surface area contributed by atoms with Crippen LogP contribution in [0.25, 0.3) is 0 Å². The Bertz CT molecular complexity index is 764. The first kappa shape index (κ1) is 17.9. The van der Waals surface area contributed by atoms with Crippen LogP contribution in [0.2, 0.25) is 0 Å². The van der Waals surface area contributed by atoms with Crippen molar-refractivity contribution in [2.24, 2.45) is 0 Å². The fourth-order valence-electron chi connectivity index (χ4n) is 2.99. The number of ether oxygens (including phenoxy) is 1. The van der Waals surface area contributed by atoms with Crippen LogP contribution in [0.1, 0.15) is 22.3 Å². The SMILES string of the molecule is Cc1ccccc1OCC(=O)N1CCCN(C(=O)c2cccnc2)CC1. The summed E-state index contributed by atoms with van der Waals surface area (Å²) in [6.07, 6.45) is 3.97. The predicted molar refractivity (Wildman–Crippen MR) is 98.0 cm³/mol. The largest absolute Gasteiger partial charge is 0.484 e. The molecule has 1 saturated heterocycles. The number of aromatic nitrogens is 1. The molecule has 6 heteroatoms. The lowest BCUT2D eigenvalue weighted by Gasteiger charge is -2.22. The van der Waals surface area contributed by atoms with Gasteiger partial charge in [-0.05, 0) is 37.1 Å². The minimum atomic E-state index is -0.0519. The summed E-state index contributed by atoms with van der Waals surface area (Å²) in [6, 6.07) is 11.2. The maximum atomic E-state index is 12.5. The van der Waals surface area contributed by atoms with Crippen LogP contribution in [0.3, 0.4) is 0 Å². The first-order chi connectivity index (χ1) is 12.6. The average Bonchev–Trinajstić information content (AvgIpc) is 2.93. The summed E-state index contributed by atoms with van der Waals surface area (Å²) in [5, 5.41) is 0. The van der Waals surface area contributed by atoms with Gasteiger partial charge in [0.15, 0.2) is 6.61 Å². The highest BCUT2D eigenvalue weighted by Crippen LogP contribution is 2.16. The molecule has 0 bridgehead atoms. The van der Waals surface area contributed by atoms with Gasteiger partial charge in [-0.3, -0.25) is 14.6 Å². The Morgan fingerprint density at radius 2 is 1.81 bits per heavy atom. The van der Waals surface area contributed by atoms with Crippen LogP contribution in [-0.4, -0.2) is 59.4 Å². The molecule has 1 aliphatic heterocycles. The summed E-state index contributed by atoms with van der Waals surface area (Å²) in [6.45, 7) is 4.27. The van der Waals surface area contributed by atoms with Gasteiger partial charge in [-0.15, -0.1) is 0 Å². The third-order valence-corrected chi connectivity index (χ3v) is 4.49. The summed E-state index contributed by atoms with van der Waals surface area (Å²) >= 11 is 0.